The molecule has 0 aliphatic carbocycles. The van der Waals surface area contributed by atoms with Gasteiger partial charge in [0.05, 0.1) is 6.54 Å². The number of rotatable bonds is 4. The fourth-order valence-corrected chi connectivity index (χ4v) is 1.27. The minimum absolute atomic E-state index is 0.193. The van der Waals surface area contributed by atoms with E-state index in [2.05, 4.69) is 0 Å². The largest absolute Gasteiger partial charge is 0.299 e. The van der Waals surface area contributed by atoms with E-state index in [0.717, 1.165) is 17.7 Å². The summed E-state index contributed by atoms with van der Waals surface area (Å²) < 4.78 is 0. The van der Waals surface area contributed by atoms with Crippen LogP contribution in [0.2, 0.25) is 0 Å². The standard InChI is InChI=1S/C12H17NO/c1-4-13(3)9-12(14)11-7-5-6-10(2)8-11/h5-8H,4,9H2,1-3H3. The summed E-state index contributed by atoms with van der Waals surface area (Å²) in [5.41, 5.74) is 1.94. The van der Waals surface area contributed by atoms with Crippen LogP contribution in [0.3, 0.4) is 0 Å². The van der Waals surface area contributed by atoms with Gasteiger partial charge in [0.15, 0.2) is 5.78 Å². The number of carbonyl (C=O) groups is 1. The average molecular weight is 191 g/mol. The molecule has 0 amide bonds. The molecular formula is C12H17NO. The summed E-state index contributed by atoms with van der Waals surface area (Å²) in [5, 5.41) is 0. The van der Waals surface area contributed by atoms with Crippen molar-refractivity contribution in [2.24, 2.45) is 0 Å². The quantitative estimate of drug-likeness (QED) is 0.679. The van der Waals surface area contributed by atoms with Crippen molar-refractivity contribution in [3.63, 3.8) is 0 Å². The first-order valence-electron chi connectivity index (χ1n) is 4.92. The molecule has 0 saturated heterocycles. The lowest BCUT2D eigenvalue weighted by Crippen LogP contribution is -2.25. The molecule has 0 heterocycles. The van der Waals surface area contributed by atoms with Crippen molar-refractivity contribution in [3.05, 3.63) is 35.4 Å². The Morgan fingerprint density at radius 1 is 1.43 bits per heavy atom. The molecule has 0 unspecified atom stereocenters. The second-order valence-corrected chi connectivity index (χ2v) is 3.62. The average Bonchev–Trinajstić information content (AvgIpc) is 2.17. The molecule has 0 radical (unpaired) electrons. The van der Waals surface area contributed by atoms with Gasteiger partial charge in [0.2, 0.25) is 0 Å². The van der Waals surface area contributed by atoms with Crippen molar-refractivity contribution >= 4 is 5.78 Å². The Kier molecular flexibility index (Phi) is 3.84. The first-order chi connectivity index (χ1) is 6.63. The zero-order valence-corrected chi connectivity index (χ0v) is 9.08. The van der Waals surface area contributed by atoms with E-state index in [9.17, 15) is 4.79 Å². The predicted octanol–water partition coefficient (Wildman–Crippen LogP) is 2.13. The van der Waals surface area contributed by atoms with Gasteiger partial charge in [-0.05, 0) is 26.6 Å². The van der Waals surface area contributed by atoms with Crippen molar-refractivity contribution in [2.75, 3.05) is 20.1 Å². The number of Topliss-reactive ketones (excluding diaryl/α,β-unsaturated/α-hetero) is 1. The zero-order chi connectivity index (χ0) is 10.6. The second kappa shape index (κ2) is 4.91. The molecule has 14 heavy (non-hydrogen) atoms. The summed E-state index contributed by atoms with van der Waals surface area (Å²) in [6, 6.07) is 7.74. The normalized spacial score (nSPS) is 10.6. The van der Waals surface area contributed by atoms with E-state index in [4.69, 9.17) is 0 Å². The van der Waals surface area contributed by atoms with Crippen LogP contribution in [0.25, 0.3) is 0 Å². The van der Waals surface area contributed by atoms with Gasteiger partial charge in [-0.1, -0.05) is 30.7 Å². The van der Waals surface area contributed by atoms with Crippen LogP contribution >= 0.6 is 0 Å². The van der Waals surface area contributed by atoms with Crippen LogP contribution in [-0.4, -0.2) is 30.8 Å². The van der Waals surface area contributed by atoms with Crippen LogP contribution in [0.4, 0.5) is 0 Å². The summed E-state index contributed by atoms with van der Waals surface area (Å²) in [6.07, 6.45) is 0. The van der Waals surface area contributed by atoms with Gasteiger partial charge in [0.1, 0.15) is 0 Å². The summed E-state index contributed by atoms with van der Waals surface area (Å²) in [7, 11) is 1.95. The Bertz CT molecular complexity index is 320. The van der Waals surface area contributed by atoms with Gasteiger partial charge in [0.25, 0.3) is 0 Å². The van der Waals surface area contributed by atoms with Crippen LogP contribution in [0.1, 0.15) is 22.8 Å². The molecule has 0 saturated carbocycles. The summed E-state index contributed by atoms with van der Waals surface area (Å²) in [5.74, 6) is 0.193. The first kappa shape index (κ1) is 10.9. The molecule has 0 atom stereocenters. The van der Waals surface area contributed by atoms with Gasteiger partial charge in [-0.25, -0.2) is 0 Å². The third-order valence-electron chi connectivity index (χ3n) is 2.29. The van der Waals surface area contributed by atoms with Gasteiger partial charge >= 0.3 is 0 Å². The minimum atomic E-state index is 0.193. The van der Waals surface area contributed by atoms with Crippen LogP contribution in [-0.2, 0) is 0 Å². The van der Waals surface area contributed by atoms with Gasteiger partial charge in [0, 0.05) is 5.56 Å². The highest BCUT2D eigenvalue weighted by molar-refractivity contribution is 5.97. The van der Waals surface area contributed by atoms with E-state index >= 15 is 0 Å². The summed E-state index contributed by atoms with van der Waals surface area (Å²) in [6.45, 7) is 5.45. The van der Waals surface area contributed by atoms with Crippen molar-refractivity contribution in [2.45, 2.75) is 13.8 Å². The smallest absolute Gasteiger partial charge is 0.176 e. The number of nitrogens with zero attached hydrogens (tertiary/aromatic N) is 1. The van der Waals surface area contributed by atoms with Crippen LogP contribution in [0.5, 0.6) is 0 Å². The molecule has 0 spiro atoms. The lowest BCUT2D eigenvalue weighted by atomic mass is 10.1. The van der Waals surface area contributed by atoms with E-state index in [0.29, 0.717) is 6.54 Å². The molecule has 76 valence electrons. The number of carbonyl (C=O) groups excluding carboxylic acids is 1. The molecule has 0 aliphatic heterocycles. The topological polar surface area (TPSA) is 20.3 Å². The zero-order valence-electron chi connectivity index (χ0n) is 9.08. The first-order valence-corrected chi connectivity index (χ1v) is 4.92. The minimum Gasteiger partial charge on any atom is -0.299 e. The monoisotopic (exact) mass is 191 g/mol. The van der Waals surface area contributed by atoms with E-state index in [-0.39, 0.29) is 5.78 Å². The maximum Gasteiger partial charge on any atom is 0.176 e. The fraction of sp³-hybridized carbons (Fsp3) is 0.417. The van der Waals surface area contributed by atoms with Gasteiger partial charge in [-0.15, -0.1) is 0 Å². The molecule has 0 aromatic heterocycles. The van der Waals surface area contributed by atoms with Crippen molar-refractivity contribution < 1.29 is 4.79 Å². The SMILES string of the molecule is CCN(C)CC(=O)c1cccc(C)c1. The Morgan fingerprint density at radius 3 is 2.71 bits per heavy atom. The van der Waals surface area contributed by atoms with Crippen LogP contribution in [0.15, 0.2) is 24.3 Å². The Morgan fingerprint density at radius 2 is 2.14 bits per heavy atom. The molecule has 0 N–H and O–H groups in total. The third kappa shape index (κ3) is 2.96. The van der Waals surface area contributed by atoms with Gasteiger partial charge in [-0.2, -0.15) is 0 Å². The number of aryl methyl sites for hydroxylation is 1. The molecule has 2 heteroatoms. The lowest BCUT2D eigenvalue weighted by molar-refractivity contribution is 0.0949. The number of ketones is 1. The molecular weight excluding hydrogens is 174 g/mol. The number of hydrogen-bond donors (Lipinski definition) is 0. The van der Waals surface area contributed by atoms with E-state index in [1.165, 1.54) is 0 Å². The van der Waals surface area contributed by atoms with Crippen LogP contribution in [0, 0.1) is 6.92 Å². The second-order valence-electron chi connectivity index (χ2n) is 3.62. The Balaban J connectivity index is 2.70. The molecule has 1 rings (SSSR count). The third-order valence-corrected chi connectivity index (χ3v) is 2.29. The maximum atomic E-state index is 11.7. The van der Waals surface area contributed by atoms with Crippen molar-refractivity contribution in [3.8, 4) is 0 Å². The fourth-order valence-electron chi connectivity index (χ4n) is 1.27. The highest BCUT2D eigenvalue weighted by Crippen LogP contribution is 2.05. The maximum absolute atomic E-state index is 11.7. The number of benzene rings is 1. The van der Waals surface area contributed by atoms with Crippen LogP contribution < -0.4 is 0 Å². The van der Waals surface area contributed by atoms with E-state index in [1.807, 2.05) is 50.1 Å². The summed E-state index contributed by atoms with van der Waals surface area (Å²) in [4.78, 5) is 13.7. The molecule has 1 aromatic carbocycles. The summed E-state index contributed by atoms with van der Waals surface area (Å²) >= 11 is 0. The molecule has 0 fully saturated rings. The number of hydrogen-bond acceptors (Lipinski definition) is 2. The highest BCUT2D eigenvalue weighted by Gasteiger charge is 2.07. The Hall–Kier alpha value is -1.15. The molecule has 0 aliphatic rings. The number of likely N-dealkylation sites (N-methyl/N-ethyl adjacent to an activating group) is 1. The molecule has 1 aromatic rings. The van der Waals surface area contributed by atoms with E-state index in [1.54, 1.807) is 0 Å². The van der Waals surface area contributed by atoms with Gasteiger partial charge < -0.3 is 0 Å². The van der Waals surface area contributed by atoms with Gasteiger partial charge in [-0.3, -0.25) is 9.69 Å². The van der Waals surface area contributed by atoms with Crippen molar-refractivity contribution in [1.82, 2.24) is 4.90 Å². The van der Waals surface area contributed by atoms with E-state index < -0.39 is 0 Å². The molecule has 2 nitrogen and oxygen atoms in total. The molecule has 0 bridgehead atoms. The lowest BCUT2D eigenvalue weighted by Gasteiger charge is -2.12. The van der Waals surface area contributed by atoms with Crippen molar-refractivity contribution in [1.29, 1.82) is 0 Å². The predicted molar refractivity (Wildman–Crippen MR) is 58.7 cm³/mol. The Labute approximate surface area is 85.5 Å². The highest BCUT2D eigenvalue weighted by atomic mass is 16.1.